The molecule has 66 valence electrons. The van der Waals surface area contributed by atoms with Crippen LogP contribution in [0.5, 0.6) is 0 Å². The van der Waals surface area contributed by atoms with Crippen molar-refractivity contribution in [1.29, 1.82) is 0 Å². The highest BCUT2D eigenvalue weighted by atomic mass is 32.2. The first kappa shape index (κ1) is 9.40. The first-order chi connectivity index (χ1) is 5.33. The van der Waals surface area contributed by atoms with Crippen molar-refractivity contribution in [1.82, 2.24) is 5.32 Å². The molecule has 1 rings (SSSR count). The molecule has 1 saturated heterocycles. The Morgan fingerprint density at radius 3 is 2.64 bits per heavy atom. The Balaban J connectivity index is 2.13. The van der Waals surface area contributed by atoms with Gasteiger partial charge in [-0.25, -0.2) is 0 Å². The van der Waals surface area contributed by atoms with E-state index in [1.54, 1.807) is 0 Å². The molecular formula is C9H19NS. The molecule has 0 aliphatic carbocycles. The van der Waals surface area contributed by atoms with E-state index in [0.29, 0.717) is 6.04 Å². The molecule has 0 aromatic carbocycles. The molecule has 1 aliphatic rings. The van der Waals surface area contributed by atoms with Crippen LogP contribution in [0.1, 0.15) is 33.1 Å². The van der Waals surface area contributed by atoms with Crippen LogP contribution in [0.15, 0.2) is 0 Å². The number of nitrogens with one attached hydrogen (secondary N) is 1. The Bertz CT molecular complexity index is 99.7. The number of thioether (sulfide) groups is 1. The van der Waals surface area contributed by atoms with E-state index in [0.717, 1.165) is 6.04 Å². The molecule has 2 heteroatoms. The zero-order chi connectivity index (χ0) is 8.10. The van der Waals surface area contributed by atoms with Gasteiger partial charge in [-0.15, -0.1) is 0 Å². The van der Waals surface area contributed by atoms with Gasteiger partial charge in [0.25, 0.3) is 0 Å². The summed E-state index contributed by atoms with van der Waals surface area (Å²) in [5, 5.41) is 3.66. The second kappa shape index (κ2) is 5.04. The summed E-state index contributed by atoms with van der Waals surface area (Å²) in [7, 11) is 0. The van der Waals surface area contributed by atoms with E-state index in [2.05, 4.69) is 30.9 Å². The average Bonchev–Trinajstić information content (AvgIpc) is 2.06. The van der Waals surface area contributed by atoms with Crippen LogP contribution in [0.2, 0.25) is 0 Å². The van der Waals surface area contributed by atoms with Gasteiger partial charge >= 0.3 is 0 Å². The SMILES string of the molecule is CC[C@@H](C)NC1CCSCC1. The lowest BCUT2D eigenvalue weighted by Crippen LogP contribution is -2.38. The third-order valence-electron chi connectivity index (χ3n) is 2.35. The molecule has 0 radical (unpaired) electrons. The molecule has 0 bridgehead atoms. The number of hydrogen-bond donors (Lipinski definition) is 1. The number of rotatable bonds is 3. The van der Waals surface area contributed by atoms with Crippen molar-refractivity contribution in [2.45, 2.75) is 45.2 Å². The maximum absolute atomic E-state index is 3.66. The van der Waals surface area contributed by atoms with E-state index in [1.807, 2.05) is 0 Å². The van der Waals surface area contributed by atoms with Gasteiger partial charge in [0, 0.05) is 12.1 Å². The smallest absolute Gasteiger partial charge is 0.00852 e. The topological polar surface area (TPSA) is 12.0 Å². The second-order valence-electron chi connectivity index (χ2n) is 3.36. The van der Waals surface area contributed by atoms with Gasteiger partial charge in [0.2, 0.25) is 0 Å². The van der Waals surface area contributed by atoms with Crippen LogP contribution in [-0.2, 0) is 0 Å². The fourth-order valence-corrected chi connectivity index (χ4v) is 2.49. The molecule has 1 heterocycles. The molecule has 1 nitrogen and oxygen atoms in total. The highest BCUT2D eigenvalue weighted by Gasteiger charge is 2.14. The van der Waals surface area contributed by atoms with Crippen LogP contribution in [0.3, 0.4) is 0 Å². The van der Waals surface area contributed by atoms with E-state index < -0.39 is 0 Å². The zero-order valence-corrected chi connectivity index (χ0v) is 8.41. The summed E-state index contributed by atoms with van der Waals surface area (Å²) < 4.78 is 0. The van der Waals surface area contributed by atoms with Crippen molar-refractivity contribution in [2.75, 3.05) is 11.5 Å². The van der Waals surface area contributed by atoms with E-state index in [9.17, 15) is 0 Å². The fraction of sp³-hybridized carbons (Fsp3) is 1.00. The van der Waals surface area contributed by atoms with Gasteiger partial charge in [0.1, 0.15) is 0 Å². The molecule has 1 atom stereocenters. The van der Waals surface area contributed by atoms with Gasteiger partial charge in [0.15, 0.2) is 0 Å². The Hall–Kier alpha value is 0.310. The van der Waals surface area contributed by atoms with Crippen molar-refractivity contribution < 1.29 is 0 Å². The van der Waals surface area contributed by atoms with Crippen molar-refractivity contribution in [3.8, 4) is 0 Å². The highest BCUT2D eigenvalue weighted by Crippen LogP contribution is 2.17. The summed E-state index contributed by atoms with van der Waals surface area (Å²) >= 11 is 2.09. The average molecular weight is 173 g/mol. The van der Waals surface area contributed by atoms with Gasteiger partial charge in [0.05, 0.1) is 0 Å². The van der Waals surface area contributed by atoms with Crippen molar-refractivity contribution in [3.05, 3.63) is 0 Å². The predicted molar refractivity (Wildman–Crippen MR) is 53.2 cm³/mol. The van der Waals surface area contributed by atoms with Crippen LogP contribution in [-0.4, -0.2) is 23.6 Å². The second-order valence-corrected chi connectivity index (χ2v) is 4.59. The molecule has 0 unspecified atom stereocenters. The van der Waals surface area contributed by atoms with Gasteiger partial charge in [-0.05, 0) is 37.7 Å². The molecule has 0 aromatic heterocycles. The predicted octanol–water partition coefficient (Wildman–Crippen LogP) is 2.27. The number of hydrogen-bond acceptors (Lipinski definition) is 2. The zero-order valence-electron chi connectivity index (χ0n) is 7.60. The molecule has 1 aliphatic heterocycles. The van der Waals surface area contributed by atoms with Crippen LogP contribution in [0, 0.1) is 0 Å². The van der Waals surface area contributed by atoms with Crippen molar-refractivity contribution >= 4 is 11.8 Å². The molecule has 0 aromatic rings. The van der Waals surface area contributed by atoms with Gasteiger partial charge in [-0.2, -0.15) is 11.8 Å². The molecule has 1 fully saturated rings. The van der Waals surface area contributed by atoms with Crippen LogP contribution >= 0.6 is 11.8 Å². The summed E-state index contributed by atoms with van der Waals surface area (Å²) in [6, 6.07) is 1.52. The summed E-state index contributed by atoms with van der Waals surface area (Å²) in [5.74, 6) is 2.71. The first-order valence-electron chi connectivity index (χ1n) is 4.66. The van der Waals surface area contributed by atoms with Gasteiger partial charge < -0.3 is 5.32 Å². The van der Waals surface area contributed by atoms with Gasteiger partial charge in [-0.1, -0.05) is 6.92 Å². The Labute approximate surface area is 74.3 Å². The molecule has 11 heavy (non-hydrogen) atoms. The largest absolute Gasteiger partial charge is 0.311 e. The normalized spacial score (nSPS) is 23.5. The minimum Gasteiger partial charge on any atom is -0.311 e. The lowest BCUT2D eigenvalue weighted by Gasteiger charge is -2.25. The Morgan fingerprint density at radius 1 is 1.45 bits per heavy atom. The van der Waals surface area contributed by atoms with Crippen LogP contribution in [0.25, 0.3) is 0 Å². The van der Waals surface area contributed by atoms with E-state index in [4.69, 9.17) is 0 Å². The van der Waals surface area contributed by atoms with E-state index in [-0.39, 0.29) is 0 Å². The van der Waals surface area contributed by atoms with Crippen molar-refractivity contribution in [3.63, 3.8) is 0 Å². The monoisotopic (exact) mass is 173 g/mol. The third kappa shape index (κ3) is 3.48. The lowest BCUT2D eigenvalue weighted by atomic mass is 10.1. The maximum Gasteiger partial charge on any atom is 0.00852 e. The summed E-state index contributed by atoms with van der Waals surface area (Å²) in [4.78, 5) is 0. The highest BCUT2D eigenvalue weighted by molar-refractivity contribution is 7.99. The molecule has 0 amide bonds. The summed E-state index contributed by atoms with van der Waals surface area (Å²) in [6.45, 7) is 4.52. The molecule has 0 spiro atoms. The standard InChI is InChI=1S/C9H19NS/c1-3-8(2)10-9-4-6-11-7-5-9/h8-10H,3-7H2,1-2H3/t8-/m1/s1. The van der Waals surface area contributed by atoms with Crippen LogP contribution < -0.4 is 5.32 Å². The molecular weight excluding hydrogens is 154 g/mol. The Morgan fingerprint density at radius 2 is 2.09 bits per heavy atom. The minimum atomic E-state index is 0.711. The third-order valence-corrected chi connectivity index (χ3v) is 3.40. The summed E-state index contributed by atoms with van der Waals surface area (Å²) in [6.07, 6.45) is 3.99. The van der Waals surface area contributed by atoms with E-state index >= 15 is 0 Å². The fourth-order valence-electron chi connectivity index (χ4n) is 1.38. The van der Waals surface area contributed by atoms with Crippen molar-refractivity contribution in [2.24, 2.45) is 0 Å². The quantitative estimate of drug-likeness (QED) is 0.702. The van der Waals surface area contributed by atoms with Crippen LogP contribution in [0.4, 0.5) is 0 Å². The Kier molecular flexibility index (Phi) is 4.31. The summed E-state index contributed by atoms with van der Waals surface area (Å²) in [5.41, 5.74) is 0. The molecule has 1 N–H and O–H groups in total. The first-order valence-corrected chi connectivity index (χ1v) is 5.82. The minimum absolute atomic E-state index is 0.711. The lowest BCUT2D eigenvalue weighted by molar-refractivity contribution is 0.416. The van der Waals surface area contributed by atoms with E-state index in [1.165, 1.54) is 30.8 Å². The van der Waals surface area contributed by atoms with Gasteiger partial charge in [-0.3, -0.25) is 0 Å². The maximum atomic E-state index is 3.66. The molecule has 0 saturated carbocycles.